The number of rotatable bonds is 7. The van der Waals surface area contributed by atoms with Crippen LogP contribution in [0.2, 0.25) is 0 Å². The van der Waals surface area contributed by atoms with Gasteiger partial charge >= 0.3 is 0 Å². The average Bonchev–Trinajstić information content (AvgIpc) is 2.40. The number of hydrogen-bond acceptors (Lipinski definition) is 3. The predicted octanol–water partition coefficient (Wildman–Crippen LogP) is 1.92. The van der Waals surface area contributed by atoms with Gasteiger partial charge in [0.2, 0.25) is 5.91 Å². The molecule has 4 heteroatoms. The van der Waals surface area contributed by atoms with E-state index in [0.29, 0.717) is 25.6 Å². The Hall–Kier alpha value is -0.610. The van der Waals surface area contributed by atoms with Crippen molar-refractivity contribution in [3.8, 4) is 0 Å². The van der Waals surface area contributed by atoms with Gasteiger partial charge in [-0.25, -0.2) is 0 Å². The fourth-order valence-electron chi connectivity index (χ4n) is 2.66. The standard InChI is InChI=1S/C14H28N2O2/c1-3-12(4-2)16(9-8-15)14(17)11-13-7-5-6-10-18-13/h12-13H,3-11,15H2,1-2H3. The van der Waals surface area contributed by atoms with Crippen LogP contribution >= 0.6 is 0 Å². The summed E-state index contributed by atoms with van der Waals surface area (Å²) in [5, 5.41) is 0. The summed E-state index contributed by atoms with van der Waals surface area (Å²) in [4.78, 5) is 14.3. The number of ether oxygens (including phenoxy) is 1. The summed E-state index contributed by atoms with van der Waals surface area (Å²) >= 11 is 0. The van der Waals surface area contributed by atoms with Crippen LogP contribution in [0.5, 0.6) is 0 Å². The average molecular weight is 256 g/mol. The molecule has 1 aliphatic heterocycles. The van der Waals surface area contributed by atoms with Crippen LogP contribution in [-0.2, 0) is 9.53 Å². The van der Waals surface area contributed by atoms with E-state index in [1.807, 2.05) is 4.90 Å². The van der Waals surface area contributed by atoms with Crippen molar-refractivity contribution in [1.29, 1.82) is 0 Å². The van der Waals surface area contributed by atoms with Crippen molar-refractivity contribution in [3.05, 3.63) is 0 Å². The number of nitrogens with two attached hydrogens (primary N) is 1. The first kappa shape index (κ1) is 15.4. The summed E-state index contributed by atoms with van der Waals surface area (Å²) in [7, 11) is 0. The van der Waals surface area contributed by atoms with Gasteiger partial charge < -0.3 is 15.4 Å². The molecule has 1 saturated heterocycles. The molecule has 1 amide bonds. The molecule has 0 aromatic carbocycles. The molecule has 1 rings (SSSR count). The molecular weight excluding hydrogens is 228 g/mol. The summed E-state index contributed by atoms with van der Waals surface area (Å²) in [5.41, 5.74) is 5.62. The Bertz CT molecular complexity index is 236. The molecule has 1 unspecified atom stereocenters. The van der Waals surface area contributed by atoms with Gasteiger partial charge in [-0.15, -0.1) is 0 Å². The highest BCUT2D eigenvalue weighted by atomic mass is 16.5. The summed E-state index contributed by atoms with van der Waals surface area (Å²) in [6, 6.07) is 0.324. The Labute approximate surface area is 111 Å². The Morgan fingerprint density at radius 1 is 1.39 bits per heavy atom. The summed E-state index contributed by atoms with van der Waals surface area (Å²) in [6.07, 6.45) is 5.97. The molecule has 1 aliphatic rings. The highest BCUT2D eigenvalue weighted by Crippen LogP contribution is 2.18. The zero-order chi connectivity index (χ0) is 13.4. The third kappa shape index (κ3) is 4.58. The van der Waals surface area contributed by atoms with E-state index >= 15 is 0 Å². The second kappa shape index (κ2) is 8.48. The molecule has 106 valence electrons. The zero-order valence-corrected chi connectivity index (χ0v) is 11.9. The fourth-order valence-corrected chi connectivity index (χ4v) is 2.66. The molecule has 18 heavy (non-hydrogen) atoms. The number of carbonyl (C=O) groups is 1. The van der Waals surface area contributed by atoms with Gasteiger partial charge in [0, 0.05) is 25.7 Å². The zero-order valence-electron chi connectivity index (χ0n) is 11.9. The Morgan fingerprint density at radius 3 is 2.61 bits per heavy atom. The van der Waals surface area contributed by atoms with Gasteiger partial charge in [0.15, 0.2) is 0 Å². The molecular formula is C14H28N2O2. The molecule has 2 N–H and O–H groups in total. The van der Waals surface area contributed by atoms with E-state index < -0.39 is 0 Å². The molecule has 1 fully saturated rings. The lowest BCUT2D eigenvalue weighted by Gasteiger charge is -2.32. The van der Waals surface area contributed by atoms with E-state index in [4.69, 9.17) is 10.5 Å². The van der Waals surface area contributed by atoms with Crippen molar-refractivity contribution >= 4 is 5.91 Å². The van der Waals surface area contributed by atoms with Crippen LogP contribution in [0.1, 0.15) is 52.4 Å². The molecule has 0 spiro atoms. The van der Waals surface area contributed by atoms with Crippen LogP contribution in [0.4, 0.5) is 0 Å². The lowest BCUT2D eigenvalue weighted by atomic mass is 10.0. The van der Waals surface area contributed by atoms with Gasteiger partial charge in [-0.3, -0.25) is 4.79 Å². The van der Waals surface area contributed by atoms with Crippen LogP contribution in [0, 0.1) is 0 Å². The van der Waals surface area contributed by atoms with Gasteiger partial charge in [-0.1, -0.05) is 13.8 Å². The van der Waals surface area contributed by atoms with E-state index in [1.54, 1.807) is 0 Å². The number of carbonyl (C=O) groups excluding carboxylic acids is 1. The largest absolute Gasteiger partial charge is 0.378 e. The van der Waals surface area contributed by atoms with Crippen molar-refractivity contribution in [3.63, 3.8) is 0 Å². The Balaban J connectivity index is 2.52. The lowest BCUT2D eigenvalue weighted by Crippen LogP contribution is -2.44. The monoisotopic (exact) mass is 256 g/mol. The highest BCUT2D eigenvalue weighted by molar-refractivity contribution is 5.77. The fraction of sp³-hybridized carbons (Fsp3) is 0.929. The molecule has 1 heterocycles. The molecule has 0 radical (unpaired) electrons. The maximum Gasteiger partial charge on any atom is 0.225 e. The van der Waals surface area contributed by atoms with Crippen LogP contribution in [0.15, 0.2) is 0 Å². The first-order valence-electron chi connectivity index (χ1n) is 7.34. The van der Waals surface area contributed by atoms with Crippen molar-refractivity contribution in [2.24, 2.45) is 5.73 Å². The number of hydrogen-bond donors (Lipinski definition) is 1. The first-order chi connectivity index (χ1) is 8.72. The second-order valence-corrected chi connectivity index (χ2v) is 5.04. The normalized spacial score (nSPS) is 20.1. The van der Waals surface area contributed by atoms with Crippen molar-refractivity contribution in [2.45, 2.75) is 64.5 Å². The van der Waals surface area contributed by atoms with Gasteiger partial charge in [0.05, 0.1) is 12.5 Å². The van der Waals surface area contributed by atoms with Crippen molar-refractivity contribution < 1.29 is 9.53 Å². The molecule has 0 bridgehead atoms. The molecule has 0 saturated carbocycles. The molecule has 0 aromatic heterocycles. The third-order valence-electron chi connectivity index (χ3n) is 3.75. The van der Waals surface area contributed by atoms with Gasteiger partial charge in [0.1, 0.15) is 0 Å². The van der Waals surface area contributed by atoms with E-state index in [9.17, 15) is 4.79 Å². The SMILES string of the molecule is CCC(CC)N(CCN)C(=O)CC1CCCCO1. The summed E-state index contributed by atoms with van der Waals surface area (Å²) in [6.45, 7) is 6.26. The predicted molar refractivity (Wildman–Crippen MR) is 73.3 cm³/mol. The summed E-state index contributed by atoms with van der Waals surface area (Å²) in [5.74, 6) is 0.209. The molecule has 1 atom stereocenters. The topological polar surface area (TPSA) is 55.6 Å². The minimum absolute atomic E-state index is 0.126. The first-order valence-corrected chi connectivity index (χ1v) is 7.34. The summed E-state index contributed by atoms with van der Waals surface area (Å²) < 4.78 is 5.65. The van der Waals surface area contributed by atoms with E-state index in [-0.39, 0.29) is 12.0 Å². The second-order valence-electron chi connectivity index (χ2n) is 5.04. The van der Waals surface area contributed by atoms with E-state index in [2.05, 4.69) is 13.8 Å². The van der Waals surface area contributed by atoms with Crippen molar-refractivity contribution in [1.82, 2.24) is 4.90 Å². The Morgan fingerprint density at radius 2 is 2.11 bits per heavy atom. The minimum atomic E-state index is 0.126. The van der Waals surface area contributed by atoms with Crippen LogP contribution < -0.4 is 5.73 Å². The van der Waals surface area contributed by atoms with Gasteiger partial charge in [-0.2, -0.15) is 0 Å². The molecule has 0 aliphatic carbocycles. The maximum atomic E-state index is 12.4. The van der Waals surface area contributed by atoms with Crippen LogP contribution in [-0.4, -0.2) is 42.6 Å². The quantitative estimate of drug-likeness (QED) is 0.757. The lowest BCUT2D eigenvalue weighted by molar-refractivity contribution is -0.137. The minimum Gasteiger partial charge on any atom is -0.378 e. The number of nitrogens with zero attached hydrogens (tertiary/aromatic N) is 1. The van der Waals surface area contributed by atoms with Crippen LogP contribution in [0.3, 0.4) is 0 Å². The smallest absolute Gasteiger partial charge is 0.225 e. The van der Waals surface area contributed by atoms with E-state index in [0.717, 1.165) is 32.3 Å². The van der Waals surface area contributed by atoms with Crippen molar-refractivity contribution in [2.75, 3.05) is 19.7 Å². The van der Waals surface area contributed by atoms with Gasteiger partial charge in [-0.05, 0) is 32.1 Å². The Kier molecular flexibility index (Phi) is 7.28. The van der Waals surface area contributed by atoms with Gasteiger partial charge in [0.25, 0.3) is 0 Å². The molecule has 4 nitrogen and oxygen atoms in total. The highest BCUT2D eigenvalue weighted by Gasteiger charge is 2.24. The van der Waals surface area contributed by atoms with Crippen LogP contribution in [0.25, 0.3) is 0 Å². The maximum absolute atomic E-state index is 12.4. The number of amides is 1. The third-order valence-corrected chi connectivity index (χ3v) is 3.75. The molecule has 0 aromatic rings. The van der Waals surface area contributed by atoms with E-state index in [1.165, 1.54) is 6.42 Å².